The molecule has 1 aromatic heterocycles. The summed E-state index contributed by atoms with van der Waals surface area (Å²) in [6.07, 6.45) is 1.60. The van der Waals surface area contributed by atoms with Gasteiger partial charge < -0.3 is 20.7 Å². The molecule has 0 fully saturated rings. The van der Waals surface area contributed by atoms with E-state index in [1.165, 1.54) is 23.1 Å². The standard InChI is InChI=1S/C35H30N4O4S2/c1-23(32(40)39-35-38-31(22-44-35)25-10-5-3-6-11-25)45-29-15-9-14-27(21-29)36-34(42)30(20-24-16-18-28(43-2)19-17-24)37-33(41)26-12-7-4-8-13-26/h3-23H,1-2H3,(H,36,42)(H,37,41)(H,38,39,40)/b30-20+. The molecule has 3 N–H and O–H groups in total. The molecule has 0 aliphatic rings. The van der Waals surface area contributed by atoms with E-state index in [0.29, 0.717) is 27.7 Å². The maximum absolute atomic E-state index is 13.5. The van der Waals surface area contributed by atoms with Crippen LogP contribution in [0.4, 0.5) is 10.8 Å². The van der Waals surface area contributed by atoms with Gasteiger partial charge in [-0.3, -0.25) is 14.4 Å². The maximum atomic E-state index is 13.5. The van der Waals surface area contributed by atoms with Crippen molar-refractivity contribution in [2.24, 2.45) is 0 Å². The minimum absolute atomic E-state index is 0.0677. The summed E-state index contributed by atoms with van der Waals surface area (Å²) >= 11 is 2.73. The van der Waals surface area contributed by atoms with Crippen LogP contribution in [-0.2, 0) is 9.59 Å². The first-order valence-electron chi connectivity index (χ1n) is 14.0. The highest BCUT2D eigenvalue weighted by Crippen LogP contribution is 2.29. The molecule has 10 heteroatoms. The number of carbonyl (C=O) groups excluding carboxylic acids is 3. The van der Waals surface area contributed by atoms with E-state index in [1.54, 1.807) is 79.9 Å². The van der Waals surface area contributed by atoms with Crippen LogP contribution in [0.2, 0.25) is 0 Å². The van der Waals surface area contributed by atoms with Gasteiger partial charge in [0.2, 0.25) is 5.91 Å². The van der Waals surface area contributed by atoms with Gasteiger partial charge in [0.25, 0.3) is 11.8 Å². The lowest BCUT2D eigenvalue weighted by Crippen LogP contribution is -2.30. The topological polar surface area (TPSA) is 109 Å². The van der Waals surface area contributed by atoms with Crippen molar-refractivity contribution in [2.75, 3.05) is 17.7 Å². The average molecular weight is 635 g/mol. The number of thioether (sulfide) groups is 1. The molecule has 1 atom stereocenters. The largest absolute Gasteiger partial charge is 0.497 e. The van der Waals surface area contributed by atoms with Crippen LogP contribution >= 0.6 is 23.1 Å². The molecule has 1 unspecified atom stereocenters. The summed E-state index contributed by atoms with van der Waals surface area (Å²) in [6, 6.07) is 32.8. The second-order valence-electron chi connectivity index (χ2n) is 9.79. The van der Waals surface area contributed by atoms with Gasteiger partial charge in [0.15, 0.2) is 5.13 Å². The number of methoxy groups -OCH3 is 1. The van der Waals surface area contributed by atoms with Crippen molar-refractivity contribution >= 4 is 57.7 Å². The van der Waals surface area contributed by atoms with Crippen LogP contribution in [0.15, 0.2) is 125 Å². The average Bonchev–Trinajstić information content (AvgIpc) is 3.54. The zero-order chi connectivity index (χ0) is 31.6. The van der Waals surface area contributed by atoms with E-state index in [1.807, 2.05) is 54.8 Å². The summed E-state index contributed by atoms with van der Waals surface area (Å²) in [7, 11) is 1.58. The summed E-state index contributed by atoms with van der Waals surface area (Å²) in [6.45, 7) is 1.81. The lowest BCUT2D eigenvalue weighted by molar-refractivity contribution is -0.115. The molecule has 5 aromatic rings. The molecule has 0 bridgehead atoms. The van der Waals surface area contributed by atoms with E-state index in [-0.39, 0.29) is 11.6 Å². The number of aromatic nitrogens is 1. The van der Waals surface area contributed by atoms with Crippen LogP contribution in [0.25, 0.3) is 17.3 Å². The predicted molar refractivity (Wildman–Crippen MR) is 181 cm³/mol. The Morgan fingerprint density at radius 2 is 1.58 bits per heavy atom. The Bertz CT molecular complexity index is 1810. The van der Waals surface area contributed by atoms with E-state index < -0.39 is 17.1 Å². The van der Waals surface area contributed by atoms with Crippen molar-refractivity contribution < 1.29 is 19.1 Å². The molecule has 0 saturated heterocycles. The Labute approximate surface area is 269 Å². The van der Waals surface area contributed by atoms with E-state index >= 15 is 0 Å². The molecule has 0 spiro atoms. The zero-order valence-electron chi connectivity index (χ0n) is 24.5. The van der Waals surface area contributed by atoms with Gasteiger partial charge in [0, 0.05) is 27.1 Å². The molecule has 0 saturated carbocycles. The van der Waals surface area contributed by atoms with Crippen molar-refractivity contribution in [2.45, 2.75) is 17.1 Å². The number of ether oxygens (including phenoxy) is 1. The van der Waals surface area contributed by atoms with Crippen LogP contribution in [0.1, 0.15) is 22.8 Å². The second-order valence-corrected chi connectivity index (χ2v) is 12.1. The summed E-state index contributed by atoms with van der Waals surface area (Å²) < 4.78 is 5.22. The highest BCUT2D eigenvalue weighted by atomic mass is 32.2. The van der Waals surface area contributed by atoms with Crippen molar-refractivity contribution in [1.29, 1.82) is 0 Å². The molecule has 0 aliphatic heterocycles. The SMILES string of the molecule is COc1ccc(/C=C(/NC(=O)c2ccccc2)C(=O)Nc2cccc(SC(C)C(=O)Nc3nc(-c4ccccc4)cs3)c2)cc1. The molecular formula is C35H30N4O4S2. The van der Waals surface area contributed by atoms with Gasteiger partial charge in [0.1, 0.15) is 11.4 Å². The molecule has 1 heterocycles. The van der Waals surface area contributed by atoms with Crippen LogP contribution in [0.3, 0.4) is 0 Å². The number of carbonyl (C=O) groups is 3. The second kappa shape index (κ2) is 15.0. The van der Waals surface area contributed by atoms with Gasteiger partial charge in [-0.2, -0.15) is 0 Å². The normalized spacial score (nSPS) is 11.7. The molecule has 0 radical (unpaired) electrons. The third kappa shape index (κ3) is 8.69. The van der Waals surface area contributed by atoms with Crippen LogP contribution in [0, 0.1) is 0 Å². The number of rotatable bonds is 11. The zero-order valence-corrected chi connectivity index (χ0v) is 26.2. The molecule has 5 rings (SSSR count). The fourth-order valence-electron chi connectivity index (χ4n) is 4.19. The van der Waals surface area contributed by atoms with Crippen molar-refractivity contribution in [3.05, 3.63) is 131 Å². The fraction of sp³-hybridized carbons (Fsp3) is 0.0857. The number of amides is 3. The van der Waals surface area contributed by atoms with Gasteiger partial charge in [-0.1, -0.05) is 66.7 Å². The van der Waals surface area contributed by atoms with E-state index in [0.717, 1.165) is 16.2 Å². The Morgan fingerprint density at radius 3 is 2.29 bits per heavy atom. The number of thiazole rings is 1. The molecule has 3 amide bonds. The van der Waals surface area contributed by atoms with Crippen molar-refractivity contribution in [3.63, 3.8) is 0 Å². The highest BCUT2D eigenvalue weighted by Gasteiger charge is 2.18. The smallest absolute Gasteiger partial charge is 0.272 e. The molecule has 226 valence electrons. The highest BCUT2D eigenvalue weighted by molar-refractivity contribution is 8.00. The Morgan fingerprint density at radius 1 is 0.867 bits per heavy atom. The molecule has 4 aromatic carbocycles. The van der Waals surface area contributed by atoms with Gasteiger partial charge in [-0.15, -0.1) is 23.1 Å². The minimum atomic E-state index is -0.499. The Kier molecular flexibility index (Phi) is 10.4. The minimum Gasteiger partial charge on any atom is -0.497 e. The quantitative estimate of drug-likeness (QED) is 0.104. The monoisotopic (exact) mass is 634 g/mol. The van der Waals surface area contributed by atoms with Gasteiger partial charge in [-0.05, 0) is 61.0 Å². The molecular weight excluding hydrogens is 605 g/mol. The van der Waals surface area contributed by atoms with Crippen LogP contribution < -0.4 is 20.7 Å². The Balaban J connectivity index is 1.26. The number of nitrogens with zero attached hydrogens (tertiary/aromatic N) is 1. The summed E-state index contributed by atoms with van der Waals surface area (Å²) in [5.74, 6) is -0.421. The first-order chi connectivity index (χ1) is 21.9. The molecule has 0 aliphatic carbocycles. The number of nitrogens with one attached hydrogen (secondary N) is 3. The van der Waals surface area contributed by atoms with Gasteiger partial charge in [-0.25, -0.2) is 4.98 Å². The Hall–Kier alpha value is -5.19. The summed E-state index contributed by atoms with van der Waals surface area (Å²) in [5, 5.41) is 10.5. The summed E-state index contributed by atoms with van der Waals surface area (Å²) in [4.78, 5) is 44.7. The number of anilines is 2. The number of benzene rings is 4. The lowest BCUT2D eigenvalue weighted by Gasteiger charge is -2.14. The van der Waals surface area contributed by atoms with E-state index in [2.05, 4.69) is 20.9 Å². The van der Waals surface area contributed by atoms with Crippen LogP contribution in [0.5, 0.6) is 5.75 Å². The van der Waals surface area contributed by atoms with Gasteiger partial charge in [0.05, 0.1) is 18.1 Å². The van der Waals surface area contributed by atoms with Crippen molar-refractivity contribution in [3.8, 4) is 17.0 Å². The third-order valence-electron chi connectivity index (χ3n) is 6.53. The first-order valence-corrected chi connectivity index (χ1v) is 15.8. The maximum Gasteiger partial charge on any atom is 0.272 e. The van der Waals surface area contributed by atoms with Crippen LogP contribution in [-0.4, -0.2) is 35.1 Å². The van der Waals surface area contributed by atoms with Crippen molar-refractivity contribution in [1.82, 2.24) is 10.3 Å². The molecule has 45 heavy (non-hydrogen) atoms. The predicted octanol–water partition coefficient (Wildman–Crippen LogP) is 7.35. The molecule has 8 nitrogen and oxygen atoms in total. The number of hydrogen-bond acceptors (Lipinski definition) is 7. The third-order valence-corrected chi connectivity index (χ3v) is 8.38. The first kappa shape index (κ1) is 31.2. The fourth-order valence-corrected chi connectivity index (χ4v) is 5.84. The number of hydrogen-bond donors (Lipinski definition) is 3. The van der Waals surface area contributed by atoms with E-state index in [4.69, 9.17) is 4.74 Å². The summed E-state index contributed by atoms with van der Waals surface area (Å²) in [5.41, 5.74) is 3.50. The van der Waals surface area contributed by atoms with E-state index in [9.17, 15) is 14.4 Å². The van der Waals surface area contributed by atoms with Gasteiger partial charge >= 0.3 is 0 Å². The lowest BCUT2D eigenvalue weighted by atomic mass is 10.1.